The van der Waals surface area contributed by atoms with Crippen LogP contribution in [0.2, 0.25) is 0 Å². The lowest BCUT2D eigenvalue weighted by atomic mass is 10.5. The molecular weight excluding hydrogens is 309 g/mol. The van der Waals surface area contributed by atoms with E-state index in [9.17, 15) is 0 Å². The van der Waals surface area contributed by atoms with Crippen LogP contribution in [0.1, 0.15) is 0 Å². The first-order valence-corrected chi connectivity index (χ1v) is 10.5. The minimum atomic E-state index is 0.112. The van der Waals surface area contributed by atoms with E-state index in [2.05, 4.69) is 36.2 Å². The first-order valence-electron chi connectivity index (χ1n) is 4.21. The molecule has 2 aliphatic rings. The van der Waals surface area contributed by atoms with Crippen molar-refractivity contribution in [2.45, 2.75) is 13.2 Å². The van der Waals surface area contributed by atoms with Crippen LogP contribution < -0.4 is 0 Å². The molecule has 0 spiro atoms. The van der Waals surface area contributed by atoms with Gasteiger partial charge in [0.05, 0.1) is 9.16 Å². The van der Waals surface area contributed by atoms with Crippen LogP contribution in [0.3, 0.4) is 0 Å². The van der Waals surface area contributed by atoms with E-state index >= 15 is 0 Å². The van der Waals surface area contributed by atoms with Gasteiger partial charge >= 0.3 is 0 Å². The molecule has 2 saturated heterocycles. The van der Waals surface area contributed by atoms with Crippen molar-refractivity contribution in [3.8, 4) is 0 Å². The summed E-state index contributed by atoms with van der Waals surface area (Å²) in [5.74, 6) is 2.57. The molecule has 0 nitrogen and oxygen atoms in total. The van der Waals surface area contributed by atoms with Crippen molar-refractivity contribution in [3.05, 3.63) is 0 Å². The molecule has 7 heteroatoms. The minimum absolute atomic E-state index is 0.112. The van der Waals surface area contributed by atoms with Gasteiger partial charge in [0.25, 0.3) is 0 Å². The zero-order chi connectivity index (χ0) is 10.0. The first-order chi connectivity index (χ1) is 6.77. The van der Waals surface area contributed by atoms with Gasteiger partial charge in [-0.1, -0.05) is 0 Å². The molecule has 0 saturated carbocycles. The maximum atomic E-state index is 4.95. The Balaban J connectivity index is 2.02. The number of rotatable bonds is 4. The van der Waals surface area contributed by atoms with E-state index in [0.717, 1.165) is 5.08 Å². The topological polar surface area (TPSA) is 0 Å². The van der Waals surface area contributed by atoms with E-state index in [4.69, 9.17) is 12.6 Å². The van der Waals surface area contributed by atoms with Crippen molar-refractivity contribution >= 4 is 84.1 Å². The van der Waals surface area contributed by atoms with Crippen molar-refractivity contribution in [3.63, 3.8) is 0 Å². The fourth-order valence-electron chi connectivity index (χ4n) is 1.32. The molecule has 2 heterocycles. The molecule has 0 bridgehead atoms. The van der Waals surface area contributed by atoms with E-state index in [1.165, 1.54) is 16.6 Å². The molecule has 0 aliphatic carbocycles. The van der Waals surface area contributed by atoms with Crippen LogP contribution in [0.15, 0.2) is 0 Å². The molecule has 0 aromatic carbocycles. The number of thioether (sulfide) groups is 5. The molecular formula is C7H12S7. The van der Waals surface area contributed by atoms with E-state index in [1.807, 2.05) is 35.3 Å². The molecule has 0 N–H and O–H groups in total. The van der Waals surface area contributed by atoms with E-state index in [0.29, 0.717) is 9.16 Å². The Labute approximate surface area is 118 Å². The van der Waals surface area contributed by atoms with Gasteiger partial charge in [0.1, 0.15) is 4.08 Å². The van der Waals surface area contributed by atoms with Gasteiger partial charge in [-0.3, -0.25) is 0 Å². The zero-order valence-electron chi connectivity index (χ0n) is 7.42. The largest absolute Gasteiger partial charge is 0.168 e. The molecule has 1 atom stereocenters. The lowest BCUT2D eigenvalue weighted by molar-refractivity contribution is 0.987. The van der Waals surface area contributed by atoms with Gasteiger partial charge < -0.3 is 0 Å². The highest BCUT2D eigenvalue weighted by atomic mass is 32.3. The Kier molecular flexibility index (Phi) is 5.40. The van der Waals surface area contributed by atoms with Crippen LogP contribution in [0.4, 0.5) is 0 Å². The molecule has 2 fully saturated rings. The van der Waals surface area contributed by atoms with Gasteiger partial charge in [0.2, 0.25) is 0 Å². The number of hydrogen-bond donors (Lipinski definition) is 2. The average molecular weight is 321 g/mol. The summed E-state index contributed by atoms with van der Waals surface area (Å²) in [6, 6.07) is 0. The van der Waals surface area contributed by atoms with E-state index in [-0.39, 0.29) is 4.08 Å². The molecule has 0 aromatic rings. The third-order valence-corrected chi connectivity index (χ3v) is 12.2. The van der Waals surface area contributed by atoms with Crippen LogP contribution >= 0.6 is 84.1 Å². The summed E-state index contributed by atoms with van der Waals surface area (Å²) in [6.45, 7) is 0. The van der Waals surface area contributed by atoms with Crippen molar-refractivity contribution in [1.82, 2.24) is 0 Å². The molecule has 82 valence electrons. The van der Waals surface area contributed by atoms with Crippen molar-refractivity contribution in [2.24, 2.45) is 0 Å². The average Bonchev–Trinajstić information content (AvgIpc) is 2.52. The highest BCUT2D eigenvalue weighted by molar-refractivity contribution is 8.35. The Hall–Kier alpha value is 2.45. The Morgan fingerprint density at radius 3 is 2.14 bits per heavy atom. The van der Waals surface area contributed by atoms with Crippen LogP contribution in [0.25, 0.3) is 0 Å². The lowest BCUT2D eigenvalue weighted by Crippen LogP contribution is -2.40. The lowest BCUT2D eigenvalue weighted by Gasteiger charge is -2.43. The third-order valence-electron chi connectivity index (χ3n) is 2.03. The first kappa shape index (κ1) is 12.9. The summed E-state index contributed by atoms with van der Waals surface area (Å²) in [6.07, 6.45) is 0. The summed E-state index contributed by atoms with van der Waals surface area (Å²) in [7, 11) is 0. The Bertz CT molecular complexity index is 188. The summed E-state index contributed by atoms with van der Waals surface area (Å²) in [4.78, 5) is 0. The highest BCUT2D eigenvalue weighted by Crippen LogP contribution is 2.60. The number of hydrogen-bond acceptors (Lipinski definition) is 7. The predicted molar refractivity (Wildman–Crippen MR) is 85.7 cm³/mol. The zero-order valence-corrected chi connectivity index (χ0v) is 13.3. The minimum Gasteiger partial charge on any atom is -0.168 e. The van der Waals surface area contributed by atoms with E-state index in [1.54, 1.807) is 0 Å². The highest BCUT2D eigenvalue weighted by Gasteiger charge is 2.48. The monoisotopic (exact) mass is 320 g/mol. The third kappa shape index (κ3) is 2.64. The quantitative estimate of drug-likeness (QED) is 0.595. The van der Waals surface area contributed by atoms with Crippen molar-refractivity contribution < 1.29 is 0 Å². The Morgan fingerprint density at radius 1 is 1.14 bits per heavy atom. The fourth-order valence-corrected chi connectivity index (χ4v) is 10.6. The molecule has 2 aliphatic heterocycles. The molecule has 2 rings (SSSR count). The summed E-state index contributed by atoms with van der Waals surface area (Å²) in [5, 5.41) is 2.11. The molecule has 0 radical (unpaired) electrons. The van der Waals surface area contributed by atoms with E-state index < -0.39 is 0 Å². The molecule has 0 aromatic heterocycles. The molecule has 1 unspecified atom stereocenters. The van der Waals surface area contributed by atoms with Crippen molar-refractivity contribution in [1.29, 1.82) is 0 Å². The summed E-state index contributed by atoms with van der Waals surface area (Å²) >= 11 is 19.4. The molecule has 0 amide bonds. The van der Waals surface area contributed by atoms with Gasteiger partial charge in [-0.25, -0.2) is 0 Å². The van der Waals surface area contributed by atoms with Gasteiger partial charge in [-0.2, -0.15) is 25.3 Å². The number of thiol groups is 2. The van der Waals surface area contributed by atoms with Gasteiger partial charge in [-0.05, 0) is 0 Å². The SMILES string of the molecule is SCSC(S)(C1SCCS1)C1SCS1. The van der Waals surface area contributed by atoms with Gasteiger partial charge in [0.15, 0.2) is 0 Å². The normalized spacial score (nSPS) is 28.7. The maximum absolute atomic E-state index is 4.95. The second-order valence-electron chi connectivity index (χ2n) is 2.88. The Morgan fingerprint density at radius 2 is 1.71 bits per heavy atom. The van der Waals surface area contributed by atoms with Crippen LogP contribution in [0.5, 0.6) is 0 Å². The summed E-state index contributed by atoms with van der Waals surface area (Å²) in [5.41, 5.74) is 0. The standard InChI is InChI=1S/C7H12S7/c8-3-14-7(9,6-12-4-13-6)5-10-1-2-11-5/h5-6,8-9H,1-4H2. The van der Waals surface area contributed by atoms with Gasteiger partial charge in [-0.15, -0.1) is 58.8 Å². The summed E-state index contributed by atoms with van der Waals surface area (Å²) < 4.78 is 1.42. The fraction of sp³-hybridized carbons (Fsp3) is 1.00. The van der Waals surface area contributed by atoms with Crippen molar-refractivity contribution in [2.75, 3.05) is 21.7 Å². The second-order valence-corrected chi connectivity index (χ2v) is 11.5. The van der Waals surface area contributed by atoms with Crippen LogP contribution in [-0.2, 0) is 0 Å². The molecule has 14 heavy (non-hydrogen) atoms. The smallest absolute Gasteiger partial charge is 0.101 e. The van der Waals surface area contributed by atoms with Crippen LogP contribution in [-0.4, -0.2) is 34.9 Å². The van der Waals surface area contributed by atoms with Gasteiger partial charge in [0, 0.05) is 21.7 Å². The predicted octanol–water partition coefficient (Wildman–Crippen LogP) is 3.80. The second kappa shape index (κ2) is 5.87. The van der Waals surface area contributed by atoms with Crippen LogP contribution in [0, 0.1) is 0 Å². The maximum Gasteiger partial charge on any atom is 0.101 e.